The number of anilines is 2. The number of hydrogen-bond donors (Lipinski definition) is 2. The van der Waals surface area contributed by atoms with Crippen LogP contribution in [0.4, 0.5) is 11.6 Å². The minimum atomic E-state index is -0.726. The highest BCUT2D eigenvalue weighted by Gasteiger charge is 2.36. The Hall–Kier alpha value is -9.88. The van der Waals surface area contributed by atoms with Crippen LogP contribution >= 0.6 is 0 Å². The third kappa shape index (κ3) is 7.49. The second-order valence-electron chi connectivity index (χ2n) is 17.0. The smallest absolute Gasteiger partial charge is 0.393 e. The van der Waals surface area contributed by atoms with Gasteiger partial charge in [0.15, 0.2) is 17.2 Å². The van der Waals surface area contributed by atoms with Gasteiger partial charge in [-0.1, -0.05) is 9.97 Å². The lowest BCUT2D eigenvalue weighted by Crippen LogP contribution is -2.51. The molecule has 0 radical (unpaired) electrons. The van der Waals surface area contributed by atoms with Crippen LogP contribution in [-0.4, -0.2) is 174 Å². The predicted octanol–water partition coefficient (Wildman–Crippen LogP) is 1.55. The molecule has 2 aliphatic rings. The van der Waals surface area contributed by atoms with E-state index in [-0.39, 0.29) is 49.0 Å². The number of piperazine rings is 2. The normalized spacial score (nSPS) is 14.2. The van der Waals surface area contributed by atoms with E-state index in [1.54, 1.807) is 42.3 Å². The number of fused-ring (bicyclic) bond motifs is 4. The molecule has 26 nitrogen and oxygen atoms in total. The third-order valence-corrected chi connectivity index (χ3v) is 13.0. The van der Waals surface area contributed by atoms with E-state index in [9.17, 15) is 19.2 Å². The predicted molar refractivity (Wildman–Crippen MR) is 258 cm³/mol. The molecule has 364 valence electrons. The summed E-state index contributed by atoms with van der Waals surface area (Å²) in [5.74, 6) is 0.429. The highest BCUT2D eigenvalue weighted by molar-refractivity contribution is 6.46. The molecule has 2 fully saturated rings. The molecule has 0 aromatic carbocycles. The van der Waals surface area contributed by atoms with Crippen LogP contribution in [0, 0.1) is 6.92 Å². The average Bonchev–Trinajstić information content (AvgIpc) is 4.30. The maximum absolute atomic E-state index is 14.3. The zero-order valence-corrected chi connectivity index (χ0v) is 39.2. The number of ether oxygens (including phenoxy) is 2. The van der Waals surface area contributed by atoms with Gasteiger partial charge in [-0.25, -0.2) is 34.6 Å². The molecule has 0 unspecified atom stereocenters. The minimum Gasteiger partial charge on any atom is -0.494 e. The van der Waals surface area contributed by atoms with Gasteiger partial charge in [-0.15, -0.1) is 9.78 Å². The summed E-state index contributed by atoms with van der Waals surface area (Å²) in [5, 5.41) is 14.9. The Morgan fingerprint density at radius 1 is 0.644 bits per heavy atom. The van der Waals surface area contributed by atoms with Crippen LogP contribution in [0.3, 0.4) is 0 Å². The molecular formula is C47H41N20O6+. The van der Waals surface area contributed by atoms with Gasteiger partial charge in [0.05, 0.1) is 71.0 Å². The van der Waals surface area contributed by atoms with Crippen molar-refractivity contribution in [2.45, 2.75) is 6.92 Å². The summed E-state index contributed by atoms with van der Waals surface area (Å²) in [6, 6.07) is 7.38. The van der Waals surface area contributed by atoms with Gasteiger partial charge < -0.3 is 39.0 Å². The molecule has 0 spiro atoms. The monoisotopic (exact) mass is 981 g/mol. The van der Waals surface area contributed by atoms with Crippen molar-refractivity contribution >= 4 is 78.9 Å². The van der Waals surface area contributed by atoms with Gasteiger partial charge in [-0.05, 0) is 36.4 Å². The van der Waals surface area contributed by atoms with E-state index in [0.717, 1.165) is 5.39 Å². The molecule has 12 rings (SSSR count). The molecule has 0 aliphatic carbocycles. The number of pyridine rings is 4. The van der Waals surface area contributed by atoms with Crippen LogP contribution in [0.5, 0.6) is 11.5 Å². The molecule has 0 bridgehead atoms. The van der Waals surface area contributed by atoms with Crippen LogP contribution in [0.1, 0.15) is 26.5 Å². The summed E-state index contributed by atoms with van der Waals surface area (Å²) >= 11 is 0. The highest BCUT2D eigenvalue weighted by Crippen LogP contribution is 2.35. The number of ketones is 2. The first-order valence-electron chi connectivity index (χ1n) is 23.0. The van der Waals surface area contributed by atoms with Crippen LogP contribution < -0.4 is 23.8 Å². The van der Waals surface area contributed by atoms with Crippen molar-refractivity contribution in [3.8, 4) is 29.1 Å². The Kier molecular flexibility index (Phi) is 10.8. The maximum Gasteiger partial charge on any atom is 0.393 e. The van der Waals surface area contributed by atoms with Gasteiger partial charge in [-0.3, -0.25) is 19.2 Å². The Labute approximate surface area is 411 Å². The second kappa shape index (κ2) is 17.8. The van der Waals surface area contributed by atoms with Crippen LogP contribution in [0.15, 0.2) is 86.5 Å². The fraction of sp³-hybridized carbons (Fsp3) is 0.234. The first kappa shape index (κ1) is 44.3. The molecular weight excluding hydrogens is 941 g/mol. The zero-order valence-electron chi connectivity index (χ0n) is 39.2. The molecule has 2 amide bonds. The molecule has 0 atom stereocenters. The fourth-order valence-electron chi connectivity index (χ4n) is 9.49. The Morgan fingerprint density at radius 2 is 1.27 bits per heavy atom. The van der Waals surface area contributed by atoms with Gasteiger partial charge in [0.1, 0.15) is 41.8 Å². The lowest BCUT2D eigenvalue weighted by molar-refractivity contribution is -0.597. The van der Waals surface area contributed by atoms with Crippen LogP contribution in [0.25, 0.3) is 61.5 Å². The van der Waals surface area contributed by atoms with E-state index in [0.29, 0.717) is 99.5 Å². The molecule has 10 aromatic heterocycles. The van der Waals surface area contributed by atoms with Crippen molar-refractivity contribution in [2.24, 2.45) is 0 Å². The second-order valence-corrected chi connectivity index (χ2v) is 17.0. The van der Waals surface area contributed by atoms with E-state index < -0.39 is 23.4 Å². The molecule has 10 aromatic rings. The molecule has 2 saturated heterocycles. The number of rotatable bonds is 11. The number of aryl methyl sites for hydroxylation is 1. The lowest BCUT2D eigenvalue weighted by Gasteiger charge is -2.35. The number of aromatic nitrogens is 16. The summed E-state index contributed by atoms with van der Waals surface area (Å²) in [5.41, 5.74) is 2.01. The number of carbonyl (C=O) groups is 4. The van der Waals surface area contributed by atoms with E-state index >= 15 is 0 Å². The lowest BCUT2D eigenvalue weighted by atomic mass is 10.1. The summed E-state index contributed by atoms with van der Waals surface area (Å²) in [6.45, 7) is 4.19. The number of methoxy groups -OCH3 is 2. The summed E-state index contributed by atoms with van der Waals surface area (Å²) in [6.07, 6.45) is 15.5. The summed E-state index contributed by atoms with van der Waals surface area (Å²) < 4.78 is 16.2. The molecule has 73 heavy (non-hydrogen) atoms. The van der Waals surface area contributed by atoms with Crippen molar-refractivity contribution in [1.29, 1.82) is 0 Å². The quantitative estimate of drug-likeness (QED) is 0.106. The van der Waals surface area contributed by atoms with Crippen LogP contribution in [0.2, 0.25) is 0 Å². The molecule has 26 heteroatoms. The minimum absolute atomic E-state index is 0.0980. The Balaban J connectivity index is 0.829. The SMILES string of the molecule is COc1cnc(-n2cnc(C)n2)c2[nH]cc(C(=O)C(=O)N3CCN(c4nc(-[n+]5cc(OC)c6c(C(=O)C(=O)N7CCN(c8ncnc9ncccc89)CC7)c[nH]c6c5-n5ccnn5)nc5ncccc45)CC3)c12. The van der Waals surface area contributed by atoms with Crippen molar-refractivity contribution in [3.05, 3.63) is 103 Å². The van der Waals surface area contributed by atoms with E-state index in [1.807, 2.05) is 23.1 Å². The van der Waals surface area contributed by atoms with Gasteiger partial charge in [0, 0.05) is 77.1 Å². The highest BCUT2D eigenvalue weighted by atomic mass is 16.5. The molecule has 12 heterocycles. The zero-order chi connectivity index (χ0) is 49.9. The van der Waals surface area contributed by atoms with Gasteiger partial charge in [0.2, 0.25) is 11.5 Å². The van der Waals surface area contributed by atoms with Crippen molar-refractivity contribution in [2.75, 3.05) is 76.4 Å². The maximum atomic E-state index is 14.3. The van der Waals surface area contributed by atoms with Crippen molar-refractivity contribution < 1.29 is 33.2 Å². The summed E-state index contributed by atoms with van der Waals surface area (Å²) in [7, 11) is 2.93. The fourth-order valence-corrected chi connectivity index (χ4v) is 9.49. The van der Waals surface area contributed by atoms with Crippen molar-refractivity contribution in [1.82, 2.24) is 84.4 Å². The van der Waals surface area contributed by atoms with E-state index in [4.69, 9.17) is 19.4 Å². The third-order valence-electron chi connectivity index (χ3n) is 13.0. The van der Waals surface area contributed by atoms with Crippen LogP contribution in [-0.2, 0) is 9.59 Å². The first-order chi connectivity index (χ1) is 35.7. The largest absolute Gasteiger partial charge is 0.494 e. The number of nitrogens with zero attached hydrogens (tertiary/aromatic N) is 18. The Bertz CT molecular complexity index is 3830. The Morgan fingerprint density at radius 3 is 1.90 bits per heavy atom. The van der Waals surface area contributed by atoms with Crippen molar-refractivity contribution in [3.63, 3.8) is 0 Å². The standard InChI is InChI=1S/C47H40N20O6/c1-26-55-25-67(59-26)43-35-33(31(72-2)22-52-43)29(20-50-35)37(68)45(70)64-18-14-62(15-19-64)42-28-7-5-9-49-40(28)57-47(58-42)65-23-32(73-3)34-30(21-51-36(34)44(65)66-11-10-56-60-66)38(69)46(71)63-16-12-61(13-17-63)41-27-6-4-8-48-39(27)53-24-54-41/h4-11,20-25H,12-19H2,1-3H3,(H,50,52,68)/p+1. The van der Waals surface area contributed by atoms with Gasteiger partial charge >= 0.3 is 5.95 Å². The summed E-state index contributed by atoms with van der Waals surface area (Å²) in [4.78, 5) is 106. The molecule has 2 N–H and O–H groups in total. The number of amides is 2. The topological polar surface area (TPSA) is 287 Å². The first-order valence-corrected chi connectivity index (χ1v) is 23.0. The van der Waals surface area contributed by atoms with Gasteiger partial charge in [-0.2, -0.15) is 9.67 Å². The number of nitrogens with one attached hydrogen (secondary N) is 2. The van der Waals surface area contributed by atoms with E-state index in [1.165, 1.54) is 70.8 Å². The molecule has 0 saturated carbocycles. The van der Waals surface area contributed by atoms with E-state index in [2.05, 4.69) is 60.2 Å². The van der Waals surface area contributed by atoms with Gasteiger partial charge in [0.25, 0.3) is 29.2 Å². The molecule has 2 aliphatic heterocycles. The average molecular weight is 982 g/mol. The number of H-pyrrole nitrogens is 2. The number of carbonyl (C=O) groups excluding carboxylic acids is 4. The number of hydrogen-bond acceptors (Lipinski definition) is 19. The number of aromatic amines is 2. The number of Topliss-reactive ketones (excluding diaryl/α,β-unsaturated/α-hetero) is 2.